The third-order valence-corrected chi connectivity index (χ3v) is 4.62. The van der Waals surface area contributed by atoms with Crippen LogP contribution < -0.4 is 10.6 Å². The molecule has 24 heavy (non-hydrogen) atoms. The minimum atomic E-state index is -0.923. The standard InChI is InChI=1S/C18H31N3O3/c1-13(2)17(6,12-19)21-14(22)11-20-18(9-7-8-10-18)15(23)24-16(3,4)5/h13,20H,7-11H2,1-6H3,(H,21,22). The van der Waals surface area contributed by atoms with Gasteiger partial charge in [-0.15, -0.1) is 0 Å². The molecule has 6 nitrogen and oxygen atoms in total. The molecular weight excluding hydrogens is 306 g/mol. The Balaban J connectivity index is 2.72. The van der Waals surface area contributed by atoms with E-state index in [1.165, 1.54) is 0 Å². The van der Waals surface area contributed by atoms with Crippen LogP contribution in [0.3, 0.4) is 0 Å². The van der Waals surface area contributed by atoms with Crippen molar-refractivity contribution in [3.05, 3.63) is 0 Å². The van der Waals surface area contributed by atoms with Gasteiger partial charge in [0.1, 0.15) is 16.7 Å². The number of hydrogen-bond acceptors (Lipinski definition) is 5. The van der Waals surface area contributed by atoms with Crippen molar-refractivity contribution in [2.75, 3.05) is 6.54 Å². The Morgan fingerprint density at radius 1 is 1.21 bits per heavy atom. The number of amides is 1. The van der Waals surface area contributed by atoms with Gasteiger partial charge in [0.05, 0.1) is 12.6 Å². The molecule has 0 bridgehead atoms. The van der Waals surface area contributed by atoms with Gasteiger partial charge >= 0.3 is 5.97 Å². The van der Waals surface area contributed by atoms with Gasteiger partial charge < -0.3 is 10.1 Å². The number of esters is 1. The number of nitriles is 1. The summed E-state index contributed by atoms with van der Waals surface area (Å²) in [6, 6.07) is 2.15. The highest BCUT2D eigenvalue weighted by Gasteiger charge is 2.44. The molecule has 0 heterocycles. The largest absolute Gasteiger partial charge is 0.459 e. The second-order valence-electron chi connectivity index (χ2n) is 8.16. The average Bonchev–Trinajstić information content (AvgIpc) is 2.93. The van der Waals surface area contributed by atoms with Gasteiger partial charge in [0.2, 0.25) is 5.91 Å². The lowest BCUT2D eigenvalue weighted by Gasteiger charge is -2.33. The molecule has 1 unspecified atom stereocenters. The van der Waals surface area contributed by atoms with Crippen molar-refractivity contribution in [1.82, 2.24) is 10.6 Å². The summed E-state index contributed by atoms with van der Waals surface area (Å²) in [6.45, 7) is 11.0. The van der Waals surface area contributed by atoms with E-state index in [-0.39, 0.29) is 24.3 Å². The zero-order valence-corrected chi connectivity index (χ0v) is 15.8. The Morgan fingerprint density at radius 3 is 2.17 bits per heavy atom. The van der Waals surface area contributed by atoms with Crippen molar-refractivity contribution in [3.63, 3.8) is 0 Å². The summed E-state index contributed by atoms with van der Waals surface area (Å²) in [5, 5.41) is 15.2. The first-order valence-corrected chi connectivity index (χ1v) is 8.65. The number of nitrogens with one attached hydrogen (secondary N) is 2. The maximum atomic E-state index is 12.6. The number of carbonyl (C=O) groups excluding carboxylic acids is 2. The van der Waals surface area contributed by atoms with Crippen LogP contribution in [0.5, 0.6) is 0 Å². The van der Waals surface area contributed by atoms with Crippen LogP contribution in [0.2, 0.25) is 0 Å². The zero-order valence-electron chi connectivity index (χ0n) is 15.8. The summed E-state index contributed by atoms with van der Waals surface area (Å²) in [5.41, 5.74) is -2.29. The molecule has 1 aliphatic carbocycles. The first kappa shape index (κ1) is 20.4. The SMILES string of the molecule is CC(C)C(C)(C#N)NC(=O)CNC1(C(=O)OC(C)(C)C)CCCC1. The van der Waals surface area contributed by atoms with E-state index in [1.807, 2.05) is 34.6 Å². The molecular formula is C18H31N3O3. The quantitative estimate of drug-likeness (QED) is 0.726. The fourth-order valence-corrected chi connectivity index (χ4v) is 2.69. The molecule has 1 rings (SSSR count). The van der Waals surface area contributed by atoms with E-state index in [4.69, 9.17) is 4.74 Å². The van der Waals surface area contributed by atoms with Crippen LogP contribution >= 0.6 is 0 Å². The minimum Gasteiger partial charge on any atom is -0.459 e. The molecule has 0 radical (unpaired) electrons. The van der Waals surface area contributed by atoms with E-state index < -0.39 is 16.7 Å². The first-order valence-electron chi connectivity index (χ1n) is 8.65. The Bertz CT molecular complexity index is 511. The van der Waals surface area contributed by atoms with Crippen molar-refractivity contribution in [3.8, 4) is 6.07 Å². The van der Waals surface area contributed by atoms with Crippen molar-refractivity contribution in [1.29, 1.82) is 5.26 Å². The van der Waals surface area contributed by atoms with Crippen LogP contribution in [0.4, 0.5) is 0 Å². The second kappa shape index (κ2) is 7.52. The van der Waals surface area contributed by atoms with Crippen LogP contribution in [-0.4, -0.2) is 35.1 Å². The molecule has 1 saturated carbocycles. The van der Waals surface area contributed by atoms with Gasteiger partial charge in [-0.05, 0) is 46.5 Å². The molecule has 0 spiro atoms. The van der Waals surface area contributed by atoms with Crippen molar-refractivity contribution in [2.24, 2.45) is 5.92 Å². The van der Waals surface area contributed by atoms with Crippen molar-refractivity contribution >= 4 is 11.9 Å². The fraction of sp³-hybridized carbons (Fsp3) is 0.833. The van der Waals surface area contributed by atoms with Gasteiger partial charge in [-0.25, -0.2) is 0 Å². The normalized spacial score (nSPS) is 19.4. The molecule has 1 amide bonds. The highest BCUT2D eigenvalue weighted by molar-refractivity contribution is 5.84. The summed E-state index contributed by atoms with van der Waals surface area (Å²) < 4.78 is 5.53. The molecule has 0 aromatic rings. The van der Waals surface area contributed by atoms with E-state index in [0.29, 0.717) is 12.8 Å². The van der Waals surface area contributed by atoms with Gasteiger partial charge in [0.15, 0.2) is 0 Å². The van der Waals surface area contributed by atoms with E-state index in [1.54, 1.807) is 6.92 Å². The molecule has 1 atom stereocenters. The van der Waals surface area contributed by atoms with Crippen LogP contribution in [-0.2, 0) is 14.3 Å². The Morgan fingerprint density at radius 2 is 1.75 bits per heavy atom. The van der Waals surface area contributed by atoms with Gasteiger partial charge in [0, 0.05) is 0 Å². The summed E-state index contributed by atoms with van der Waals surface area (Å²) in [4.78, 5) is 24.8. The molecule has 6 heteroatoms. The highest BCUT2D eigenvalue weighted by atomic mass is 16.6. The van der Waals surface area contributed by atoms with Crippen LogP contribution in [0.25, 0.3) is 0 Å². The smallest absolute Gasteiger partial charge is 0.326 e. The molecule has 0 aromatic heterocycles. The number of hydrogen-bond donors (Lipinski definition) is 2. The monoisotopic (exact) mass is 337 g/mol. The fourth-order valence-electron chi connectivity index (χ4n) is 2.69. The summed E-state index contributed by atoms with van der Waals surface area (Å²) in [5.74, 6) is -0.604. The summed E-state index contributed by atoms with van der Waals surface area (Å²) >= 11 is 0. The lowest BCUT2D eigenvalue weighted by molar-refractivity contribution is -0.163. The summed E-state index contributed by atoms with van der Waals surface area (Å²) in [7, 11) is 0. The Hall–Kier alpha value is -1.61. The number of nitrogens with zero attached hydrogens (tertiary/aromatic N) is 1. The molecule has 1 aliphatic rings. The predicted molar refractivity (Wildman–Crippen MR) is 92.0 cm³/mol. The third-order valence-electron chi connectivity index (χ3n) is 4.62. The maximum Gasteiger partial charge on any atom is 0.326 e. The maximum absolute atomic E-state index is 12.6. The zero-order chi connectivity index (χ0) is 18.6. The van der Waals surface area contributed by atoms with Crippen molar-refractivity contribution in [2.45, 2.75) is 83.9 Å². The molecule has 0 saturated heterocycles. The Labute approximate surface area is 145 Å². The molecule has 1 fully saturated rings. The molecule has 0 aromatic carbocycles. The molecule has 136 valence electrons. The van der Waals surface area contributed by atoms with Crippen LogP contribution in [0, 0.1) is 17.2 Å². The second-order valence-corrected chi connectivity index (χ2v) is 8.16. The predicted octanol–water partition coefficient (Wildman–Crippen LogP) is 2.28. The Kier molecular flexibility index (Phi) is 6.40. The lowest BCUT2D eigenvalue weighted by atomic mass is 9.90. The topological polar surface area (TPSA) is 91.2 Å². The molecule has 0 aliphatic heterocycles. The minimum absolute atomic E-state index is 0.0107. The van der Waals surface area contributed by atoms with Crippen LogP contribution in [0.1, 0.15) is 67.2 Å². The third kappa shape index (κ3) is 5.20. The number of ether oxygens (including phenoxy) is 1. The van der Waals surface area contributed by atoms with Crippen molar-refractivity contribution < 1.29 is 14.3 Å². The molecule has 2 N–H and O–H groups in total. The van der Waals surface area contributed by atoms with Gasteiger partial charge in [-0.3, -0.25) is 14.9 Å². The average molecular weight is 337 g/mol. The number of carbonyl (C=O) groups is 2. The summed E-state index contributed by atoms with van der Waals surface area (Å²) in [6.07, 6.45) is 3.18. The van der Waals surface area contributed by atoms with Gasteiger partial charge in [0.25, 0.3) is 0 Å². The van der Waals surface area contributed by atoms with Gasteiger partial charge in [-0.1, -0.05) is 26.7 Å². The van der Waals surface area contributed by atoms with Crippen LogP contribution in [0.15, 0.2) is 0 Å². The van der Waals surface area contributed by atoms with E-state index in [9.17, 15) is 14.9 Å². The van der Waals surface area contributed by atoms with Gasteiger partial charge in [-0.2, -0.15) is 5.26 Å². The lowest BCUT2D eigenvalue weighted by Crippen LogP contribution is -2.57. The van der Waals surface area contributed by atoms with E-state index in [0.717, 1.165) is 12.8 Å². The number of rotatable bonds is 6. The van der Waals surface area contributed by atoms with E-state index in [2.05, 4.69) is 16.7 Å². The first-order chi connectivity index (χ1) is 10.9. The highest BCUT2D eigenvalue weighted by Crippen LogP contribution is 2.32. The van der Waals surface area contributed by atoms with E-state index >= 15 is 0 Å².